The predicted molar refractivity (Wildman–Crippen MR) is 105 cm³/mol. The van der Waals surface area contributed by atoms with Crippen LogP contribution in [0.1, 0.15) is 23.7 Å². The first-order chi connectivity index (χ1) is 13.3. The number of benzene rings is 2. The van der Waals surface area contributed by atoms with Crippen molar-refractivity contribution in [1.82, 2.24) is 0 Å². The van der Waals surface area contributed by atoms with E-state index >= 15 is 0 Å². The Morgan fingerprint density at radius 1 is 1.21 bits per heavy atom. The maximum atomic E-state index is 12.7. The largest absolute Gasteiger partial charge is 0.505 e. The molecule has 1 saturated heterocycles. The van der Waals surface area contributed by atoms with Gasteiger partial charge in [-0.25, -0.2) is 9.69 Å². The molecule has 146 valence electrons. The molecule has 2 N–H and O–H groups in total. The van der Waals surface area contributed by atoms with Crippen LogP contribution < -0.4 is 10.2 Å². The number of esters is 1. The molecular formula is C19H16Cl2N2O5. The minimum absolute atomic E-state index is 0.0261. The number of halogens is 2. The lowest BCUT2D eigenvalue weighted by atomic mass is 10.2. The second-order valence-corrected chi connectivity index (χ2v) is 6.84. The first-order valence-electron chi connectivity index (χ1n) is 8.40. The summed E-state index contributed by atoms with van der Waals surface area (Å²) in [4.78, 5) is 37.9. The molecule has 1 aliphatic heterocycles. The molecule has 0 saturated carbocycles. The number of amides is 2. The molecule has 2 amide bonds. The monoisotopic (exact) mass is 422 g/mol. The van der Waals surface area contributed by atoms with Crippen LogP contribution in [0.3, 0.4) is 0 Å². The Labute approximate surface area is 170 Å². The van der Waals surface area contributed by atoms with E-state index in [1.807, 2.05) is 0 Å². The Morgan fingerprint density at radius 2 is 1.82 bits per heavy atom. The van der Waals surface area contributed by atoms with E-state index in [-0.39, 0.29) is 34.7 Å². The first kappa shape index (κ1) is 20.0. The summed E-state index contributed by atoms with van der Waals surface area (Å²) in [5.74, 6) is -1.57. The van der Waals surface area contributed by atoms with E-state index in [2.05, 4.69) is 5.32 Å². The highest BCUT2D eigenvalue weighted by molar-refractivity contribution is 6.37. The number of ether oxygens (including phenoxy) is 1. The Balaban J connectivity index is 1.77. The molecule has 9 heteroatoms. The van der Waals surface area contributed by atoms with Gasteiger partial charge >= 0.3 is 5.97 Å². The first-order valence-corrected chi connectivity index (χ1v) is 9.16. The zero-order valence-electron chi connectivity index (χ0n) is 14.7. The summed E-state index contributed by atoms with van der Waals surface area (Å²) in [5, 5.41) is 12.6. The van der Waals surface area contributed by atoms with Gasteiger partial charge in [0, 0.05) is 5.69 Å². The molecule has 0 aromatic heterocycles. The minimum Gasteiger partial charge on any atom is -0.505 e. The Bertz CT molecular complexity index is 923. The Kier molecular flexibility index (Phi) is 5.76. The molecule has 7 nitrogen and oxygen atoms in total. The average molecular weight is 423 g/mol. The number of hydrogen-bond donors (Lipinski definition) is 2. The summed E-state index contributed by atoms with van der Waals surface area (Å²) >= 11 is 11.8. The predicted octanol–water partition coefficient (Wildman–Crippen LogP) is 3.62. The van der Waals surface area contributed by atoms with E-state index in [1.165, 1.54) is 36.4 Å². The number of imide groups is 1. The summed E-state index contributed by atoms with van der Waals surface area (Å²) in [6, 6.07) is 8.03. The van der Waals surface area contributed by atoms with Gasteiger partial charge in [-0.1, -0.05) is 23.2 Å². The normalized spacial score (nSPS) is 16.4. The molecule has 3 rings (SSSR count). The van der Waals surface area contributed by atoms with Gasteiger partial charge in [-0.3, -0.25) is 9.59 Å². The quantitative estimate of drug-likeness (QED) is 0.433. The van der Waals surface area contributed by atoms with E-state index < -0.39 is 17.9 Å². The number of aromatic hydroxyl groups is 1. The maximum Gasteiger partial charge on any atom is 0.338 e. The molecule has 0 aliphatic carbocycles. The average Bonchev–Trinajstić information content (AvgIpc) is 2.93. The standard InChI is InChI=1S/C19H16Cl2N2O5/c1-2-28-19(27)10-3-5-12(6-4-10)23-16(24)9-15(18(23)26)22-11-7-13(20)17(25)14(21)8-11/h3-8,15,22,25H,2,9H2,1H3/t15-/m0/s1. The molecule has 0 bridgehead atoms. The summed E-state index contributed by atoms with van der Waals surface area (Å²) in [5.41, 5.74) is 1.08. The molecule has 0 radical (unpaired) electrons. The van der Waals surface area contributed by atoms with Gasteiger partial charge in [0.05, 0.1) is 34.3 Å². The van der Waals surface area contributed by atoms with Crippen molar-refractivity contribution in [3.63, 3.8) is 0 Å². The van der Waals surface area contributed by atoms with Gasteiger partial charge in [-0.2, -0.15) is 0 Å². The maximum absolute atomic E-state index is 12.7. The number of hydrogen-bond acceptors (Lipinski definition) is 6. The Hall–Kier alpha value is -2.77. The van der Waals surface area contributed by atoms with Crippen molar-refractivity contribution >= 4 is 52.4 Å². The minimum atomic E-state index is -0.811. The van der Waals surface area contributed by atoms with Crippen LogP contribution in [0, 0.1) is 0 Å². The summed E-state index contributed by atoms with van der Waals surface area (Å²) in [6.07, 6.45) is -0.0609. The lowest BCUT2D eigenvalue weighted by molar-refractivity contribution is -0.121. The van der Waals surface area contributed by atoms with Crippen LogP contribution in [0.15, 0.2) is 36.4 Å². The van der Waals surface area contributed by atoms with Crippen molar-refractivity contribution in [3.05, 3.63) is 52.0 Å². The van der Waals surface area contributed by atoms with Crippen LogP contribution in [-0.4, -0.2) is 35.5 Å². The number of phenolic OH excluding ortho intramolecular Hbond substituents is 1. The Morgan fingerprint density at radius 3 is 2.39 bits per heavy atom. The molecule has 0 spiro atoms. The lowest BCUT2D eigenvalue weighted by Gasteiger charge is -2.17. The highest BCUT2D eigenvalue weighted by Crippen LogP contribution is 2.35. The number of nitrogens with one attached hydrogen (secondary N) is 1. The van der Waals surface area contributed by atoms with Gasteiger partial charge in [0.2, 0.25) is 5.91 Å². The van der Waals surface area contributed by atoms with Crippen molar-refractivity contribution in [1.29, 1.82) is 0 Å². The van der Waals surface area contributed by atoms with Gasteiger partial charge in [-0.15, -0.1) is 0 Å². The fourth-order valence-corrected chi connectivity index (χ4v) is 3.31. The fourth-order valence-electron chi connectivity index (χ4n) is 2.83. The van der Waals surface area contributed by atoms with Crippen molar-refractivity contribution in [3.8, 4) is 5.75 Å². The van der Waals surface area contributed by atoms with Crippen molar-refractivity contribution < 1.29 is 24.2 Å². The number of anilines is 2. The zero-order chi connectivity index (χ0) is 20.4. The van der Waals surface area contributed by atoms with Crippen LogP contribution in [-0.2, 0) is 14.3 Å². The molecule has 28 heavy (non-hydrogen) atoms. The van der Waals surface area contributed by atoms with Crippen LogP contribution in [0.25, 0.3) is 0 Å². The molecule has 0 unspecified atom stereocenters. The zero-order valence-corrected chi connectivity index (χ0v) is 16.3. The second kappa shape index (κ2) is 8.08. The molecule has 1 atom stereocenters. The van der Waals surface area contributed by atoms with Crippen LogP contribution in [0.2, 0.25) is 10.0 Å². The fraction of sp³-hybridized carbons (Fsp3) is 0.211. The summed E-state index contributed by atoms with van der Waals surface area (Å²) in [6.45, 7) is 1.96. The number of nitrogens with zero attached hydrogens (tertiary/aromatic N) is 1. The van der Waals surface area contributed by atoms with Crippen LogP contribution in [0.5, 0.6) is 5.75 Å². The third-order valence-electron chi connectivity index (χ3n) is 4.14. The second-order valence-electron chi connectivity index (χ2n) is 6.02. The number of carbonyl (C=O) groups is 3. The SMILES string of the molecule is CCOC(=O)c1ccc(N2C(=O)C[C@H](Nc3cc(Cl)c(O)c(Cl)c3)C2=O)cc1. The molecule has 2 aromatic rings. The molecular weight excluding hydrogens is 407 g/mol. The summed E-state index contributed by atoms with van der Waals surface area (Å²) in [7, 11) is 0. The number of rotatable bonds is 5. The smallest absolute Gasteiger partial charge is 0.338 e. The van der Waals surface area contributed by atoms with Crippen LogP contribution >= 0.6 is 23.2 Å². The van der Waals surface area contributed by atoms with E-state index in [0.29, 0.717) is 16.9 Å². The molecule has 1 fully saturated rings. The molecule has 2 aromatic carbocycles. The van der Waals surface area contributed by atoms with E-state index in [4.69, 9.17) is 27.9 Å². The van der Waals surface area contributed by atoms with E-state index in [0.717, 1.165) is 4.90 Å². The highest BCUT2D eigenvalue weighted by atomic mass is 35.5. The summed E-state index contributed by atoms with van der Waals surface area (Å²) < 4.78 is 4.91. The van der Waals surface area contributed by atoms with Gasteiger partial charge < -0.3 is 15.2 Å². The van der Waals surface area contributed by atoms with Gasteiger partial charge in [0.15, 0.2) is 5.75 Å². The lowest BCUT2D eigenvalue weighted by Crippen LogP contribution is -2.34. The highest BCUT2D eigenvalue weighted by Gasteiger charge is 2.39. The van der Waals surface area contributed by atoms with Gasteiger partial charge in [0.1, 0.15) is 6.04 Å². The van der Waals surface area contributed by atoms with Crippen molar-refractivity contribution in [2.45, 2.75) is 19.4 Å². The number of phenols is 1. The molecule has 1 aliphatic rings. The van der Waals surface area contributed by atoms with Crippen molar-refractivity contribution in [2.24, 2.45) is 0 Å². The third-order valence-corrected chi connectivity index (χ3v) is 4.72. The number of carbonyl (C=O) groups excluding carboxylic acids is 3. The van der Waals surface area contributed by atoms with Gasteiger partial charge in [-0.05, 0) is 43.3 Å². The van der Waals surface area contributed by atoms with E-state index in [1.54, 1.807) is 6.92 Å². The third kappa shape index (κ3) is 3.90. The topological polar surface area (TPSA) is 95.9 Å². The van der Waals surface area contributed by atoms with Crippen LogP contribution in [0.4, 0.5) is 11.4 Å². The van der Waals surface area contributed by atoms with Gasteiger partial charge in [0.25, 0.3) is 5.91 Å². The van der Waals surface area contributed by atoms with E-state index in [9.17, 15) is 19.5 Å². The van der Waals surface area contributed by atoms with Crippen molar-refractivity contribution in [2.75, 3.05) is 16.8 Å². The molecule has 1 heterocycles.